The summed E-state index contributed by atoms with van der Waals surface area (Å²) in [5, 5.41) is 0.771. The number of para-hydroxylation sites is 2. The van der Waals surface area contributed by atoms with E-state index in [1.165, 1.54) is 0 Å². The number of halogens is 1. The van der Waals surface area contributed by atoms with Crippen LogP contribution in [0.25, 0.3) is 11.0 Å². The molecule has 0 spiro atoms. The summed E-state index contributed by atoms with van der Waals surface area (Å²) in [4.78, 5) is 8.99. The van der Waals surface area contributed by atoms with Gasteiger partial charge in [-0.25, -0.2) is 4.98 Å². The van der Waals surface area contributed by atoms with Crippen LogP contribution >= 0.6 is 11.6 Å². The number of hydrogen-bond donors (Lipinski definition) is 0. The van der Waals surface area contributed by atoms with Crippen molar-refractivity contribution in [1.82, 2.24) is 9.97 Å². The standard InChI is InChI=1S/C15H11ClN2/c16-13-6-2-1-5-11(13)9-12-10-17-14-7-3-4-8-15(14)18-12/h1-8,10H,9H2. The zero-order valence-corrected chi connectivity index (χ0v) is 10.4. The third-order valence-corrected chi connectivity index (χ3v) is 3.20. The van der Waals surface area contributed by atoms with Crippen molar-refractivity contribution in [2.45, 2.75) is 6.42 Å². The molecule has 0 atom stereocenters. The Morgan fingerprint density at radius 1 is 0.889 bits per heavy atom. The fraction of sp³-hybridized carbons (Fsp3) is 0.0667. The zero-order chi connectivity index (χ0) is 12.4. The molecular formula is C15H11ClN2. The van der Waals surface area contributed by atoms with Gasteiger partial charge < -0.3 is 0 Å². The first kappa shape index (κ1) is 11.2. The van der Waals surface area contributed by atoms with Gasteiger partial charge in [-0.2, -0.15) is 0 Å². The Balaban J connectivity index is 1.98. The van der Waals surface area contributed by atoms with Gasteiger partial charge in [-0.1, -0.05) is 41.9 Å². The molecule has 3 heteroatoms. The molecule has 1 heterocycles. The van der Waals surface area contributed by atoms with Crippen LogP contribution in [0, 0.1) is 0 Å². The third kappa shape index (κ3) is 2.20. The van der Waals surface area contributed by atoms with E-state index in [9.17, 15) is 0 Å². The van der Waals surface area contributed by atoms with Crippen molar-refractivity contribution in [3.05, 3.63) is 71.0 Å². The van der Waals surface area contributed by atoms with Gasteiger partial charge in [-0.3, -0.25) is 4.98 Å². The van der Waals surface area contributed by atoms with E-state index in [4.69, 9.17) is 11.6 Å². The minimum atomic E-state index is 0.706. The number of rotatable bonds is 2. The van der Waals surface area contributed by atoms with Crippen LogP contribution in [-0.2, 0) is 6.42 Å². The van der Waals surface area contributed by atoms with Crippen molar-refractivity contribution in [3.8, 4) is 0 Å². The first-order valence-corrected chi connectivity index (χ1v) is 6.15. The van der Waals surface area contributed by atoms with Crippen LogP contribution in [0.1, 0.15) is 11.3 Å². The highest BCUT2D eigenvalue weighted by Crippen LogP contribution is 2.18. The van der Waals surface area contributed by atoms with Gasteiger partial charge >= 0.3 is 0 Å². The molecular weight excluding hydrogens is 244 g/mol. The summed E-state index contributed by atoms with van der Waals surface area (Å²) in [7, 11) is 0. The molecule has 88 valence electrons. The number of benzene rings is 2. The summed E-state index contributed by atoms with van der Waals surface area (Å²) in [5.74, 6) is 0. The Kier molecular flexibility index (Phi) is 2.95. The van der Waals surface area contributed by atoms with Crippen LogP contribution in [0.15, 0.2) is 54.7 Å². The lowest BCUT2D eigenvalue weighted by molar-refractivity contribution is 1.07. The van der Waals surface area contributed by atoms with Gasteiger partial charge in [0, 0.05) is 17.6 Å². The molecule has 0 amide bonds. The average molecular weight is 255 g/mol. The van der Waals surface area contributed by atoms with Gasteiger partial charge in [0.15, 0.2) is 0 Å². The van der Waals surface area contributed by atoms with Crippen molar-refractivity contribution < 1.29 is 0 Å². The fourth-order valence-corrected chi connectivity index (χ4v) is 2.12. The van der Waals surface area contributed by atoms with E-state index in [0.717, 1.165) is 27.3 Å². The summed E-state index contributed by atoms with van der Waals surface area (Å²) < 4.78 is 0. The van der Waals surface area contributed by atoms with Gasteiger partial charge in [0.1, 0.15) is 0 Å². The van der Waals surface area contributed by atoms with Crippen LogP contribution in [0.2, 0.25) is 5.02 Å². The van der Waals surface area contributed by atoms with Gasteiger partial charge in [0.2, 0.25) is 0 Å². The predicted octanol–water partition coefficient (Wildman–Crippen LogP) is 3.87. The largest absolute Gasteiger partial charge is 0.253 e. The minimum absolute atomic E-state index is 0.706. The van der Waals surface area contributed by atoms with Crippen LogP contribution < -0.4 is 0 Å². The normalized spacial score (nSPS) is 10.7. The van der Waals surface area contributed by atoms with Crippen LogP contribution in [0.4, 0.5) is 0 Å². The van der Waals surface area contributed by atoms with Crippen LogP contribution in [0.5, 0.6) is 0 Å². The molecule has 2 nitrogen and oxygen atoms in total. The first-order valence-electron chi connectivity index (χ1n) is 5.77. The predicted molar refractivity (Wildman–Crippen MR) is 73.8 cm³/mol. The molecule has 18 heavy (non-hydrogen) atoms. The lowest BCUT2D eigenvalue weighted by Gasteiger charge is -2.04. The SMILES string of the molecule is Clc1ccccc1Cc1cnc2ccccc2n1. The zero-order valence-electron chi connectivity index (χ0n) is 9.68. The van der Waals surface area contributed by atoms with Gasteiger partial charge in [0.25, 0.3) is 0 Å². The van der Waals surface area contributed by atoms with E-state index in [1.807, 2.05) is 54.7 Å². The number of hydrogen-bond acceptors (Lipinski definition) is 2. The van der Waals surface area contributed by atoms with Crippen LogP contribution in [0.3, 0.4) is 0 Å². The molecule has 0 saturated carbocycles. The summed E-state index contributed by atoms with van der Waals surface area (Å²) in [6.45, 7) is 0. The second-order valence-corrected chi connectivity index (χ2v) is 4.53. The summed E-state index contributed by atoms with van der Waals surface area (Å²) >= 11 is 6.14. The second kappa shape index (κ2) is 4.75. The van der Waals surface area contributed by atoms with Crippen molar-refractivity contribution in [3.63, 3.8) is 0 Å². The molecule has 1 aromatic heterocycles. The minimum Gasteiger partial charge on any atom is -0.253 e. The van der Waals surface area contributed by atoms with E-state index in [-0.39, 0.29) is 0 Å². The van der Waals surface area contributed by atoms with Crippen molar-refractivity contribution in [2.24, 2.45) is 0 Å². The Bertz CT molecular complexity index is 695. The second-order valence-electron chi connectivity index (χ2n) is 4.12. The molecule has 0 aliphatic heterocycles. The van der Waals surface area contributed by atoms with E-state index in [0.29, 0.717) is 6.42 Å². The van der Waals surface area contributed by atoms with E-state index < -0.39 is 0 Å². The Morgan fingerprint density at radius 3 is 2.44 bits per heavy atom. The summed E-state index contributed by atoms with van der Waals surface area (Å²) in [6, 6.07) is 15.7. The molecule has 0 aliphatic rings. The maximum atomic E-state index is 6.14. The van der Waals surface area contributed by atoms with Crippen molar-refractivity contribution in [1.29, 1.82) is 0 Å². The molecule has 2 aromatic carbocycles. The molecule has 0 aliphatic carbocycles. The van der Waals surface area contributed by atoms with Gasteiger partial charge in [-0.05, 0) is 23.8 Å². The lowest BCUT2D eigenvalue weighted by atomic mass is 10.1. The van der Waals surface area contributed by atoms with Crippen LogP contribution in [-0.4, -0.2) is 9.97 Å². The number of fused-ring (bicyclic) bond motifs is 1. The Hall–Kier alpha value is -1.93. The van der Waals surface area contributed by atoms with E-state index in [1.54, 1.807) is 0 Å². The van der Waals surface area contributed by atoms with E-state index >= 15 is 0 Å². The van der Waals surface area contributed by atoms with Crippen molar-refractivity contribution in [2.75, 3.05) is 0 Å². The maximum absolute atomic E-state index is 6.14. The highest BCUT2D eigenvalue weighted by molar-refractivity contribution is 6.31. The molecule has 3 aromatic rings. The molecule has 0 saturated heterocycles. The quantitative estimate of drug-likeness (QED) is 0.694. The molecule has 0 unspecified atom stereocenters. The Morgan fingerprint density at radius 2 is 1.61 bits per heavy atom. The molecule has 0 fully saturated rings. The average Bonchev–Trinajstić information content (AvgIpc) is 2.41. The smallest absolute Gasteiger partial charge is 0.0890 e. The monoisotopic (exact) mass is 254 g/mol. The fourth-order valence-electron chi connectivity index (χ4n) is 1.92. The molecule has 3 rings (SSSR count). The maximum Gasteiger partial charge on any atom is 0.0890 e. The number of aromatic nitrogens is 2. The van der Waals surface area contributed by atoms with Gasteiger partial charge in [0.05, 0.1) is 16.7 Å². The number of nitrogens with zero attached hydrogens (tertiary/aromatic N) is 2. The summed E-state index contributed by atoms with van der Waals surface area (Å²) in [6.07, 6.45) is 2.52. The van der Waals surface area contributed by atoms with Gasteiger partial charge in [-0.15, -0.1) is 0 Å². The topological polar surface area (TPSA) is 25.8 Å². The first-order chi connectivity index (χ1) is 8.83. The highest BCUT2D eigenvalue weighted by Gasteiger charge is 2.03. The molecule has 0 bridgehead atoms. The Labute approximate surface area is 110 Å². The highest BCUT2D eigenvalue weighted by atomic mass is 35.5. The van der Waals surface area contributed by atoms with E-state index in [2.05, 4.69) is 9.97 Å². The summed E-state index contributed by atoms with van der Waals surface area (Å²) in [5.41, 5.74) is 3.84. The molecule has 0 N–H and O–H groups in total. The lowest BCUT2D eigenvalue weighted by Crippen LogP contribution is -1.95. The van der Waals surface area contributed by atoms with Crippen molar-refractivity contribution >= 4 is 22.6 Å². The third-order valence-electron chi connectivity index (χ3n) is 2.83. The molecule has 0 radical (unpaired) electrons.